The molecule has 0 radical (unpaired) electrons. The number of hydrogen-bond donors (Lipinski definition) is 1. The molecule has 1 saturated heterocycles. The second-order valence-electron chi connectivity index (χ2n) is 5.18. The highest BCUT2D eigenvalue weighted by molar-refractivity contribution is 5.66. The molecule has 4 nitrogen and oxygen atoms in total. The highest BCUT2D eigenvalue weighted by Crippen LogP contribution is 2.27. The van der Waals surface area contributed by atoms with Crippen LogP contribution >= 0.6 is 0 Å². The van der Waals surface area contributed by atoms with Gasteiger partial charge in [-0.1, -0.05) is 6.07 Å². The maximum Gasteiger partial charge on any atom is 0.407 e. The van der Waals surface area contributed by atoms with Gasteiger partial charge in [-0.3, -0.25) is 4.90 Å². The largest absolute Gasteiger partial charge is 0.465 e. The summed E-state index contributed by atoms with van der Waals surface area (Å²) < 4.78 is 13.1. The zero-order chi connectivity index (χ0) is 14.2. The highest BCUT2D eigenvalue weighted by atomic mass is 19.1. The van der Waals surface area contributed by atoms with E-state index in [-0.39, 0.29) is 17.9 Å². The number of hydrogen-bond acceptors (Lipinski definition) is 2. The Kier molecular flexibility index (Phi) is 3.75. The highest BCUT2D eigenvalue weighted by Gasteiger charge is 2.35. The number of nitrogens with zero attached hydrogens (tertiary/aromatic N) is 2. The van der Waals surface area contributed by atoms with E-state index in [0.717, 1.165) is 11.1 Å². The number of carboxylic acid groups (broad SMARTS) is 1. The molecule has 0 aliphatic carbocycles. The summed E-state index contributed by atoms with van der Waals surface area (Å²) in [7, 11) is 1.98. The van der Waals surface area contributed by atoms with Crippen LogP contribution in [0.1, 0.15) is 24.1 Å². The van der Waals surface area contributed by atoms with Crippen LogP contribution in [-0.4, -0.2) is 47.2 Å². The van der Waals surface area contributed by atoms with Gasteiger partial charge in [0.25, 0.3) is 0 Å². The summed E-state index contributed by atoms with van der Waals surface area (Å²) in [6.07, 6.45) is -0.865. The third-order valence-electron chi connectivity index (χ3n) is 4.00. The quantitative estimate of drug-likeness (QED) is 0.914. The Morgan fingerprint density at radius 2 is 2.16 bits per heavy atom. The molecule has 0 aromatic heterocycles. The fourth-order valence-electron chi connectivity index (χ4n) is 2.51. The molecule has 1 unspecified atom stereocenters. The van der Waals surface area contributed by atoms with E-state index < -0.39 is 6.09 Å². The molecule has 0 bridgehead atoms. The van der Waals surface area contributed by atoms with Gasteiger partial charge in [-0.15, -0.1) is 0 Å². The van der Waals surface area contributed by atoms with Crippen LogP contribution in [0.3, 0.4) is 0 Å². The zero-order valence-corrected chi connectivity index (χ0v) is 11.4. The first-order valence-corrected chi connectivity index (χ1v) is 6.36. The van der Waals surface area contributed by atoms with Gasteiger partial charge in [0.1, 0.15) is 5.82 Å². The SMILES string of the molecule is Cc1cc(F)ccc1C(C)N(C)C1CN(C(=O)O)C1. The topological polar surface area (TPSA) is 43.8 Å². The molecule has 1 heterocycles. The molecule has 19 heavy (non-hydrogen) atoms. The summed E-state index contributed by atoms with van der Waals surface area (Å²) in [5.74, 6) is -0.225. The molecule has 1 aliphatic heterocycles. The van der Waals surface area contributed by atoms with E-state index in [1.54, 1.807) is 6.07 Å². The molecule has 1 fully saturated rings. The first kappa shape index (κ1) is 13.8. The fourth-order valence-corrected chi connectivity index (χ4v) is 2.51. The number of carbonyl (C=O) groups is 1. The van der Waals surface area contributed by atoms with Gasteiger partial charge in [0, 0.05) is 25.2 Å². The van der Waals surface area contributed by atoms with Gasteiger partial charge >= 0.3 is 6.09 Å². The van der Waals surface area contributed by atoms with Crippen molar-refractivity contribution in [3.05, 3.63) is 35.1 Å². The number of benzene rings is 1. The monoisotopic (exact) mass is 266 g/mol. The second-order valence-corrected chi connectivity index (χ2v) is 5.18. The van der Waals surface area contributed by atoms with Crippen molar-refractivity contribution in [2.75, 3.05) is 20.1 Å². The summed E-state index contributed by atoms with van der Waals surface area (Å²) in [5.41, 5.74) is 2.01. The lowest BCUT2D eigenvalue weighted by Crippen LogP contribution is -2.60. The summed E-state index contributed by atoms with van der Waals surface area (Å²) in [4.78, 5) is 14.3. The minimum absolute atomic E-state index is 0.140. The van der Waals surface area contributed by atoms with Gasteiger partial charge in [-0.05, 0) is 44.2 Å². The molecule has 0 spiro atoms. The van der Waals surface area contributed by atoms with Crippen molar-refractivity contribution in [1.82, 2.24) is 9.80 Å². The van der Waals surface area contributed by atoms with E-state index in [2.05, 4.69) is 11.8 Å². The second kappa shape index (κ2) is 5.17. The van der Waals surface area contributed by atoms with Gasteiger partial charge in [-0.2, -0.15) is 0 Å². The van der Waals surface area contributed by atoms with Crippen LogP contribution < -0.4 is 0 Å². The molecule has 2 rings (SSSR count). The maximum absolute atomic E-state index is 13.1. The molecule has 1 aromatic rings. The lowest BCUT2D eigenvalue weighted by Gasteiger charge is -2.45. The first-order valence-electron chi connectivity index (χ1n) is 6.36. The predicted octanol–water partition coefficient (Wildman–Crippen LogP) is 2.49. The van der Waals surface area contributed by atoms with E-state index >= 15 is 0 Å². The number of rotatable bonds is 3. The van der Waals surface area contributed by atoms with Crippen LogP contribution in [0.2, 0.25) is 0 Å². The standard InChI is InChI=1S/C14H19FN2O2/c1-9-6-11(15)4-5-13(9)10(2)16(3)12-7-17(8-12)14(18)19/h4-6,10,12H,7-8H2,1-3H3,(H,18,19). The number of aryl methyl sites for hydroxylation is 1. The van der Waals surface area contributed by atoms with Crippen LogP contribution in [0, 0.1) is 12.7 Å². The average Bonchev–Trinajstić information content (AvgIpc) is 2.25. The van der Waals surface area contributed by atoms with E-state index in [1.165, 1.54) is 17.0 Å². The third-order valence-corrected chi connectivity index (χ3v) is 4.00. The minimum atomic E-state index is -0.865. The van der Waals surface area contributed by atoms with Gasteiger partial charge in [0.15, 0.2) is 0 Å². The van der Waals surface area contributed by atoms with Gasteiger partial charge in [-0.25, -0.2) is 9.18 Å². The van der Waals surface area contributed by atoms with Crippen LogP contribution in [-0.2, 0) is 0 Å². The smallest absolute Gasteiger partial charge is 0.407 e. The third kappa shape index (κ3) is 2.71. The average molecular weight is 266 g/mol. The predicted molar refractivity (Wildman–Crippen MR) is 70.7 cm³/mol. The summed E-state index contributed by atoms with van der Waals surface area (Å²) in [6.45, 7) is 5.03. The maximum atomic E-state index is 13.1. The van der Waals surface area contributed by atoms with Crippen molar-refractivity contribution in [2.45, 2.75) is 25.9 Å². The van der Waals surface area contributed by atoms with Crippen LogP contribution in [0.25, 0.3) is 0 Å². The normalized spacial score (nSPS) is 17.4. The van der Waals surface area contributed by atoms with Crippen LogP contribution in [0.4, 0.5) is 9.18 Å². The van der Waals surface area contributed by atoms with Gasteiger partial charge in [0.05, 0.1) is 0 Å². The lowest BCUT2D eigenvalue weighted by molar-refractivity contribution is 0.0323. The van der Waals surface area contributed by atoms with E-state index in [4.69, 9.17) is 5.11 Å². The molecule has 1 aliphatic rings. The summed E-state index contributed by atoms with van der Waals surface area (Å²) in [6, 6.07) is 5.18. The Bertz CT molecular complexity index is 486. The van der Waals surface area contributed by atoms with Crippen molar-refractivity contribution in [3.63, 3.8) is 0 Å². The molecule has 1 atom stereocenters. The fraction of sp³-hybridized carbons (Fsp3) is 0.500. The number of likely N-dealkylation sites (tertiary alicyclic amines) is 1. The molecule has 1 N–H and O–H groups in total. The number of halogens is 1. The Hall–Kier alpha value is -1.62. The van der Waals surface area contributed by atoms with Gasteiger partial charge < -0.3 is 10.0 Å². The van der Waals surface area contributed by atoms with E-state index in [0.29, 0.717) is 13.1 Å². The van der Waals surface area contributed by atoms with Crippen molar-refractivity contribution in [3.8, 4) is 0 Å². The Morgan fingerprint density at radius 3 is 2.68 bits per heavy atom. The molecule has 104 valence electrons. The van der Waals surface area contributed by atoms with Crippen molar-refractivity contribution in [1.29, 1.82) is 0 Å². The van der Waals surface area contributed by atoms with E-state index in [9.17, 15) is 9.18 Å². The Labute approximate surface area is 112 Å². The molecule has 0 saturated carbocycles. The van der Waals surface area contributed by atoms with Crippen molar-refractivity contribution < 1.29 is 14.3 Å². The van der Waals surface area contributed by atoms with Crippen molar-refractivity contribution >= 4 is 6.09 Å². The number of amides is 1. The minimum Gasteiger partial charge on any atom is -0.465 e. The Morgan fingerprint density at radius 1 is 1.53 bits per heavy atom. The molecule has 1 aromatic carbocycles. The van der Waals surface area contributed by atoms with Gasteiger partial charge in [0.2, 0.25) is 0 Å². The van der Waals surface area contributed by atoms with Crippen molar-refractivity contribution in [2.24, 2.45) is 0 Å². The molecule has 1 amide bonds. The Balaban J connectivity index is 2.04. The summed E-state index contributed by atoms with van der Waals surface area (Å²) in [5, 5.41) is 8.83. The zero-order valence-electron chi connectivity index (χ0n) is 11.4. The molecular weight excluding hydrogens is 247 g/mol. The first-order chi connectivity index (χ1) is 8.90. The summed E-state index contributed by atoms with van der Waals surface area (Å²) >= 11 is 0. The van der Waals surface area contributed by atoms with E-state index in [1.807, 2.05) is 14.0 Å². The lowest BCUT2D eigenvalue weighted by atomic mass is 9.98. The molecule has 5 heteroatoms. The number of likely N-dealkylation sites (N-methyl/N-ethyl adjacent to an activating group) is 1. The van der Waals surface area contributed by atoms with Crippen LogP contribution in [0.15, 0.2) is 18.2 Å². The van der Waals surface area contributed by atoms with Crippen LogP contribution in [0.5, 0.6) is 0 Å². The molecular formula is C14H19FN2O2.